The van der Waals surface area contributed by atoms with Crippen LogP contribution in [0.4, 0.5) is 0 Å². The number of hydrogen-bond acceptors (Lipinski definition) is 6. The predicted octanol–water partition coefficient (Wildman–Crippen LogP) is 3.91. The quantitative estimate of drug-likeness (QED) is 0.733. The SMILES string of the molecule is Cc1ccc(C)c(OC2=COC3CC(OC(=O)c4cccnc4)CCC3C2=O)c1. The van der Waals surface area contributed by atoms with Gasteiger partial charge in [-0.2, -0.15) is 0 Å². The standard InChI is InChI=1S/C23H23NO5/c1-14-5-6-15(2)19(10-14)29-21-13-27-20-11-17(7-8-18(20)22(21)25)28-23(26)16-4-3-9-24-12-16/h3-6,9-10,12-13,17-18,20H,7-8,11H2,1-2H3. The number of aromatic nitrogens is 1. The third kappa shape index (κ3) is 4.16. The second-order valence-electron chi connectivity index (χ2n) is 7.58. The van der Waals surface area contributed by atoms with Gasteiger partial charge in [0.1, 0.15) is 24.2 Å². The summed E-state index contributed by atoms with van der Waals surface area (Å²) in [6.45, 7) is 3.91. The summed E-state index contributed by atoms with van der Waals surface area (Å²) in [5.74, 6) is 0.141. The van der Waals surface area contributed by atoms with E-state index in [0.29, 0.717) is 30.6 Å². The molecule has 1 aromatic heterocycles. The average Bonchev–Trinajstić information content (AvgIpc) is 2.73. The van der Waals surface area contributed by atoms with E-state index in [2.05, 4.69) is 4.98 Å². The molecule has 0 amide bonds. The first kappa shape index (κ1) is 19.2. The van der Waals surface area contributed by atoms with Crippen molar-refractivity contribution in [2.45, 2.75) is 45.3 Å². The predicted molar refractivity (Wildman–Crippen MR) is 105 cm³/mol. The molecule has 0 saturated heterocycles. The number of hydrogen-bond donors (Lipinski definition) is 0. The van der Waals surface area contributed by atoms with Crippen molar-refractivity contribution in [2.24, 2.45) is 5.92 Å². The van der Waals surface area contributed by atoms with Gasteiger partial charge in [0.15, 0.2) is 0 Å². The molecule has 4 rings (SSSR count). The van der Waals surface area contributed by atoms with Gasteiger partial charge in [0.05, 0.1) is 11.5 Å². The molecule has 2 aliphatic rings. The molecular weight excluding hydrogens is 370 g/mol. The Balaban J connectivity index is 1.41. The lowest BCUT2D eigenvalue weighted by molar-refractivity contribution is -0.132. The molecule has 1 fully saturated rings. The molecule has 6 nitrogen and oxygen atoms in total. The van der Waals surface area contributed by atoms with E-state index in [1.807, 2.05) is 32.0 Å². The number of carbonyl (C=O) groups excluding carboxylic acids is 2. The second kappa shape index (κ2) is 8.07. The first-order chi connectivity index (χ1) is 14.0. The van der Waals surface area contributed by atoms with E-state index in [9.17, 15) is 9.59 Å². The Morgan fingerprint density at radius 2 is 2.07 bits per heavy atom. The highest BCUT2D eigenvalue weighted by molar-refractivity contribution is 5.96. The van der Waals surface area contributed by atoms with Crippen molar-refractivity contribution in [1.82, 2.24) is 4.98 Å². The Labute approximate surface area is 169 Å². The van der Waals surface area contributed by atoms with Crippen molar-refractivity contribution in [3.05, 3.63) is 71.4 Å². The minimum atomic E-state index is -0.404. The smallest absolute Gasteiger partial charge is 0.339 e. The Kier molecular flexibility index (Phi) is 5.34. The van der Waals surface area contributed by atoms with Crippen LogP contribution in [-0.4, -0.2) is 28.9 Å². The topological polar surface area (TPSA) is 74.7 Å². The van der Waals surface area contributed by atoms with E-state index in [1.165, 1.54) is 12.5 Å². The Hall–Kier alpha value is -3.15. The first-order valence-corrected chi connectivity index (χ1v) is 9.77. The molecule has 0 radical (unpaired) electrons. The molecule has 0 N–H and O–H groups in total. The monoisotopic (exact) mass is 393 g/mol. The zero-order valence-corrected chi connectivity index (χ0v) is 16.5. The maximum absolute atomic E-state index is 12.9. The van der Waals surface area contributed by atoms with Gasteiger partial charge in [-0.05, 0) is 56.0 Å². The number of aryl methyl sites for hydroxylation is 2. The molecule has 29 heavy (non-hydrogen) atoms. The van der Waals surface area contributed by atoms with Crippen LogP contribution in [0, 0.1) is 19.8 Å². The molecule has 2 aromatic rings. The van der Waals surface area contributed by atoms with Crippen molar-refractivity contribution in [3.63, 3.8) is 0 Å². The number of esters is 1. The fourth-order valence-electron chi connectivity index (χ4n) is 3.75. The van der Waals surface area contributed by atoms with Crippen molar-refractivity contribution in [3.8, 4) is 5.75 Å². The number of fused-ring (bicyclic) bond motifs is 1. The number of ketones is 1. The molecule has 150 valence electrons. The van der Waals surface area contributed by atoms with E-state index < -0.39 is 5.97 Å². The summed E-state index contributed by atoms with van der Waals surface area (Å²) in [5.41, 5.74) is 2.43. The largest absolute Gasteiger partial charge is 0.493 e. The number of rotatable bonds is 4. The van der Waals surface area contributed by atoms with Gasteiger partial charge < -0.3 is 14.2 Å². The van der Waals surface area contributed by atoms with Gasteiger partial charge in [-0.25, -0.2) is 4.79 Å². The van der Waals surface area contributed by atoms with Crippen molar-refractivity contribution in [1.29, 1.82) is 0 Å². The minimum Gasteiger partial charge on any atom is -0.493 e. The number of benzene rings is 1. The summed E-state index contributed by atoms with van der Waals surface area (Å²) in [5, 5.41) is 0. The van der Waals surface area contributed by atoms with Gasteiger partial charge in [-0.15, -0.1) is 0 Å². The number of ether oxygens (including phenoxy) is 3. The van der Waals surface area contributed by atoms with Crippen LogP contribution in [0.3, 0.4) is 0 Å². The van der Waals surface area contributed by atoms with Gasteiger partial charge in [-0.1, -0.05) is 12.1 Å². The molecular formula is C23H23NO5. The maximum Gasteiger partial charge on any atom is 0.339 e. The molecule has 3 atom stereocenters. The van der Waals surface area contributed by atoms with Crippen LogP contribution in [0.15, 0.2) is 54.7 Å². The third-order valence-electron chi connectivity index (χ3n) is 5.41. The normalized spacial score (nSPS) is 23.4. The highest BCUT2D eigenvalue weighted by Crippen LogP contribution is 2.35. The molecule has 3 unspecified atom stereocenters. The van der Waals surface area contributed by atoms with Crippen LogP contribution in [0.2, 0.25) is 0 Å². The first-order valence-electron chi connectivity index (χ1n) is 9.77. The number of allylic oxidation sites excluding steroid dienone is 1. The fraction of sp³-hybridized carbons (Fsp3) is 0.348. The molecule has 0 bridgehead atoms. The Morgan fingerprint density at radius 1 is 1.21 bits per heavy atom. The zero-order valence-electron chi connectivity index (χ0n) is 16.5. The van der Waals surface area contributed by atoms with Crippen LogP contribution in [0.1, 0.15) is 40.7 Å². The van der Waals surface area contributed by atoms with Gasteiger partial charge >= 0.3 is 5.97 Å². The van der Waals surface area contributed by atoms with Gasteiger partial charge in [0.2, 0.25) is 11.5 Å². The summed E-state index contributed by atoms with van der Waals surface area (Å²) in [6.07, 6.45) is 5.57. The summed E-state index contributed by atoms with van der Waals surface area (Å²) < 4.78 is 17.3. The number of pyridine rings is 1. The van der Waals surface area contributed by atoms with Crippen LogP contribution in [-0.2, 0) is 14.3 Å². The lowest BCUT2D eigenvalue weighted by Gasteiger charge is -2.36. The van der Waals surface area contributed by atoms with Gasteiger partial charge in [-0.3, -0.25) is 9.78 Å². The molecule has 0 spiro atoms. The van der Waals surface area contributed by atoms with Crippen molar-refractivity contribution < 1.29 is 23.8 Å². The highest BCUT2D eigenvalue weighted by Gasteiger charge is 2.42. The van der Waals surface area contributed by atoms with Crippen LogP contribution in [0.5, 0.6) is 5.75 Å². The third-order valence-corrected chi connectivity index (χ3v) is 5.41. The lowest BCUT2D eigenvalue weighted by Crippen LogP contribution is -2.43. The Morgan fingerprint density at radius 3 is 2.86 bits per heavy atom. The van der Waals surface area contributed by atoms with E-state index >= 15 is 0 Å². The van der Waals surface area contributed by atoms with E-state index in [-0.39, 0.29) is 29.7 Å². The summed E-state index contributed by atoms with van der Waals surface area (Å²) in [4.78, 5) is 29.1. The van der Waals surface area contributed by atoms with Crippen LogP contribution >= 0.6 is 0 Å². The molecule has 1 aliphatic heterocycles. The fourth-order valence-corrected chi connectivity index (χ4v) is 3.75. The zero-order chi connectivity index (χ0) is 20.4. The molecule has 2 heterocycles. The Bertz CT molecular complexity index is 953. The minimum absolute atomic E-state index is 0.0563. The summed E-state index contributed by atoms with van der Waals surface area (Å²) in [7, 11) is 0. The molecule has 1 saturated carbocycles. The van der Waals surface area contributed by atoms with Crippen molar-refractivity contribution in [2.75, 3.05) is 0 Å². The van der Waals surface area contributed by atoms with E-state index in [4.69, 9.17) is 14.2 Å². The van der Waals surface area contributed by atoms with Gasteiger partial charge in [0.25, 0.3) is 0 Å². The number of Topliss-reactive ketones (excluding diaryl/α,β-unsaturated/α-hetero) is 1. The second-order valence-corrected chi connectivity index (χ2v) is 7.58. The van der Waals surface area contributed by atoms with Gasteiger partial charge in [0, 0.05) is 18.8 Å². The average molecular weight is 393 g/mol. The van der Waals surface area contributed by atoms with E-state index in [0.717, 1.165) is 11.1 Å². The highest BCUT2D eigenvalue weighted by atomic mass is 16.6. The molecule has 1 aromatic carbocycles. The molecule has 6 heteroatoms. The van der Waals surface area contributed by atoms with Crippen LogP contribution in [0.25, 0.3) is 0 Å². The van der Waals surface area contributed by atoms with Crippen molar-refractivity contribution >= 4 is 11.8 Å². The lowest BCUT2D eigenvalue weighted by atomic mass is 9.80. The maximum atomic E-state index is 12.9. The summed E-state index contributed by atoms with van der Waals surface area (Å²) in [6, 6.07) is 9.23. The number of carbonyl (C=O) groups is 2. The number of nitrogens with zero attached hydrogens (tertiary/aromatic N) is 1. The molecule has 1 aliphatic carbocycles. The summed E-state index contributed by atoms with van der Waals surface area (Å²) >= 11 is 0. The van der Waals surface area contributed by atoms with E-state index in [1.54, 1.807) is 18.3 Å². The van der Waals surface area contributed by atoms with Crippen LogP contribution < -0.4 is 4.74 Å².